The lowest BCUT2D eigenvalue weighted by atomic mass is 9.78. The third-order valence-electron chi connectivity index (χ3n) is 6.03. The Kier molecular flexibility index (Phi) is 4.75. The number of rotatable bonds is 3. The second-order valence-corrected chi connectivity index (χ2v) is 7.85. The van der Waals surface area contributed by atoms with Crippen LogP contribution < -0.4 is 15.4 Å². The maximum Gasteiger partial charge on any atom is 0.163 e. The number of fused-ring (bicyclic) bond motifs is 1. The fourth-order valence-corrected chi connectivity index (χ4v) is 4.50. The van der Waals surface area contributed by atoms with Gasteiger partial charge in [-0.3, -0.25) is 4.79 Å². The number of carbonyl (C=O) groups is 1. The van der Waals surface area contributed by atoms with E-state index >= 15 is 0 Å². The molecule has 3 aromatic rings. The molecule has 30 heavy (non-hydrogen) atoms. The molecule has 0 aromatic heterocycles. The van der Waals surface area contributed by atoms with Crippen molar-refractivity contribution in [1.82, 2.24) is 0 Å². The molecule has 3 aromatic carbocycles. The smallest absolute Gasteiger partial charge is 0.163 e. The van der Waals surface area contributed by atoms with Crippen LogP contribution in [0.25, 0.3) is 0 Å². The van der Waals surface area contributed by atoms with Gasteiger partial charge in [-0.25, -0.2) is 0 Å². The SMILES string of the molecule is COc1ccc(C2Nc3ccccc3NC3=C2C(=O)CC(c2ccccc2)C3)cc1. The van der Waals surface area contributed by atoms with Crippen molar-refractivity contribution in [3.05, 3.63) is 101 Å². The number of benzene rings is 3. The van der Waals surface area contributed by atoms with E-state index in [1.165, 1.54) is 5.56 Å². The van der Waals surface area contributed by atoms with E-state index in [-0.39, 0.29) is 17.7 Å². The molecule has 150 valence electrons. The van der Waals surface area contributed by atoms with Gasteiger partial charge in [-0.2, -0.15) is 0 Å². The number of methoxy groups -OCH3 is 1. The Morgan fingerprint density at radius 2 is 1.50 bits per heavy atom. The van der Waals surface area contributed by atoms with Crippen LogP contribution in [0.5, 0.6) is 5.75 Å². The molecule has 0 spiro atoms. The lowest BCUT2D eigenvalue weighted by molar-refractivity contribution is -0.116. The number of nitrogens with one attached hydrogen (secondary N) is 2. The van der Waals surface area contributed by atoms with Gasteiger partial charge in [0.2, 0.25) is 0 Å². The summed E-state index contributed by atoms with van der Waals surface area (Å²) < 4.78 is 5.32. The van der Waals surface area contributed by atoms with Crippen molar-refractivity contribution in [2.75, 3.05) is 17.7 Å². The lowest BCUT2D eigenvalue weighted by Crippen LogP contribution is -2.26. The second kappa shape index (κ2) is 7.71. The summed E-state index contributed by atoms with van der Waals surface area (Å²) in [6, 6.07) is 26.2. The number of para-hydroxylation sites is 2. The Balaban J connectivity index is 1.60. The molecule has 1 aliphatic carbocycles. The van der Waals surface area contributed by atoms with Crippen LogP contribution in [0, 0.1) is 0 Å². The van der Waals surface area contributed by atoms with E-state index in [0.29, 0.717) is 6.42 Å². The van der Waals surface area contributed by atoms with Crippen LogP contribution in [0.1, 0.15) is 35.9 Å². The highest BCUT2D eigenvalue weighted by Crippen LogP contribution is 2.44. The highest BCUT2D eigenvalue weighted by atomic mass is 16.5. The van der Waals surface area contributed by atoms with Gasteiger partial charge >= 0.3 is 0 Å². The van der Waals surface area contributed by atoms with Crippen LogP contribution >= 0.6 is 0 Å². The Labute approximate surface area is 176 Å². The molecule has 4 heteroatoms. The van der Waals surface area contributed by atoms with Crippen LogP contribution in [0.15, 0.2) is 90.1 Å². The average molecular weight is 396 g/mol. The van der Waals surface area contributed by atoms with Gasteiger partial charge in [-0.1, -0.05) is 54.6 Å². The monoisotopic (exact) mass is 396 g/mol. The zero-order valence-electron chi connectivity index (χ0n) is 16.9. The molecule has 0 saturated heterocycles. The van der Waals surface area contributed by atoms with Crippen LogP contribution in [0.3, 0.4) is 0 Å². The van der Waals surface area contributed by atoms with Gasteiger partial charge in [0.15, 0.2) is 5.78 Å². The Morgan fingerprint density at radius 1 is 0.800 bits per heavy atom. The van der Waals surface area contributed by atoms with Crippen molar-refractivity contribution in [2.45, 2.75) is 24.8 Å². The lowest BCUT2D eigenvalue weighted by Gasteiger charge is -2.30. The zero-order chi connectivity index (χ0) is 20.5. The topological polar surface area (TPSA) is 50.4 Å². The molecular weight excluding hydrogens is 372 g/mol. The molecule has 0 radical (unpaired) electrons. The summed E-state index contributed by atoms with van der Waals surface area (Å²) in [6.07, 6.45) is 1.34. The second-order valence-electron chi connectivity index (χ2n) is 7.85. The van der Waals surface area contributed by atoms with Crippen LogP contribution in [0.2, 0.25) is 0 Å². The fraction of sp³-hybridized carbons (Fsp3) is 0.192. The molecule has 2 unspecified atom stereocenters. The Hall–Kier alpha value is -3.53. The standard InChI is InChI=1S/C26H24N2O2/c1-30-20-13-11-18(12-14-20)26-25-23(27-21-9-5-6-10-22(21)28-26)15-19(16-24(25)29)17-7-3-2-4-8-17/h2-14,19,26-28H,15-16H2,1H3. The maximum atomic E-state index is 13.5. The summed E-state index contributed by atoms with van der Waals surface area (Å²) >= 11 is 0. The predicted octanol–water partition coefficient (Wildman–Crippen LogP) is 5.67. The summed E-state index contributed by atoms with van der Waals surface area (Å²) in [4.78, 5) is 13.5. The quantitative estimate of drug-likeness (QED) is 0.598. The van der Waals surface area contributed by atoms with Gasteiger partial charge in [0.05, 0.1) is 24.5 Å². The molecule has 0 fully saturated rings. The van der Waals surface area contributed by atoms with E-state index in [2.05, 4.69) is 34.9 Å². The number of anilines is 2. The minimum Gasteiger partial charge on any atom is -0.497 e. The van der Waals surface area contributed by atoms with Crippen molar-refractivity contribution in [3.8, 4) is 5.75 Å². The highest BCUT2D eigenvalue weighted by molar-refractivity contribution is 6.01. The number of hydrogen-bond acceptors (Lipinski definition) is 4. The first-order valence-corrected chi connectivity index (χ1v) is 10.3. The van der Waals surface area contributed by atoms with Gasteiger partial charge in [-0.15, -0.1) is 0 Å². The summed E-state index contributed by atoms with van der Waals surface area (Å²) in [7, 11) is 1.66. The van der Waals surface area contributed by atoms with E-state index in [0.717, 1.165) is 40.4 Å². The molecule has 1 aliphatic heterocycles. The van der Waals surface area contributed by atoms with E-state index in [9.17, 15) is 4.79 Å². The molecule has 2 atom stereocenters. The number of allylic oxidation sites excluding steroid dienone is 1. The molecule has 2 N–H and O–H groups in total. The van der Waals surface area contributed by atoms with E-state index in [4.69, 9.17) is 4.74 Å². The van der Waals surface area contributed by atoms with Crippen LogP contribution in [-0.4, -0.2) is 12.9 Å². The summed E-state index contributed by atoms with van der Waals surface area (Å²) in [6.45, 7) is 0. The Morgan fingerprint density at radius 3 is 2.23 bits per heavy atom. The predicted molar refractivity (Wildman–Crippen MR) is 120 cm³/mol. The summed E-state index contributed by atoms with van der Waals surface area (Å²) in [5.74, 6) is 1.18. The molecular formula is C26H24N2O2. The van der Waals surface area contributed by atoms with Crippen molar-refractivity contribution < 1.29 is 9.53 Å². The highest BCUT2D eigenvalue weighted by Gasteiger charge is 2.35. The third-order valence-corrected chi connectivity index (χ3v) is 6.03. The van der Waals surface area contributed by atoms with Crippen LogP contribution in [-0.2, 0) is 4.79 Å². The molecule has 0 amide bonds. The summed E-state index contributed by atoms with van der Waals surface area (Å²) in [5.41, 5.74) is 6.11. The van der Waals surface area contributed by atoms with Crippen molar-refractivity contribution >= 4 is 17.2 Å². The number of ketones is 1. The number of Topliss-reactive ketones (excluding diaryl/α,β-unsaturated/α-hetero) is 1. The van der Waals surface area contributed by atoms with Crippen molar-refractivity contribution in [2.24, 2.45) is 0 Å². The first-order valence-electron chi connectivity index (χ1n) is 10.3. The number of hydrogen-bond donors (Lipinski definition) is 2. The molecule has 5 rings (SSSR count). The number of carbonyl (C=O) groups excluding carboxylic acids is 1. The van der Waals surface area contributed by atoms with E-state index in [1.54, 1.807) is 7.11 Å². The van der Waals surface area contributed by atoms with Gasteiger partial charge in [0.1, 0.15) is 5.75 Å². The zero-order valence-corrected chi connectivity index (χ0v) is 16.9. The van der Waals surface area contributed by atoms with Crippen molar-refractivity contribution in [3.63, 3.8) is 0 Å². The van der Waals surface area contributed by atoms with E-state index in [1.807, 2.05) is 54.6 Å². The first kappa shape index (κ1) is 18.5. The molecule has 0 saturated carbocycles. The van der Waals surface area contributed by atoms with Gasteiger partial charge in [0, 0.05) is 17.7 Å². The normalized spacial score (nSPS) is 20.4. The average Bonchev–Trinajstić information content (AvgIpc) is 2.96. The summed E-state index contributed by atoms with van der Waals surface area (Å²) in [5, 5.41) is 7.20. The fourth-order valence-electron chi connectivity index (χ4n) is 4.50. The van der Waals surface area contributed by atoms with Crippen LogP contribution in [0.4, 0.5) is 11.4 Å². The molecule has 4 nitrogen and oxygen atoms in total. The minimum atomic E-state index is -0.203. The largest absolute Gasteiger partial charge is 0.497 e. The van der Waals surface area contributed by atoms with Crippen molar-refractivity contribution in [1.29, 1.82) is 0 Å². The maximum absolute atomic E-state index is 13.5. The van der Waals surface area contributed by atoms with Gasteiger partial charge < -0.3 is 15.4 Å². The van der Waals surface area contributed by atoms with E-state index < -0.39 is 0 Å². The first-order chi connectivity index (χ1) is 14.7. The number of ether oxygens (including phenoxy) is 1. The minimum absolute atomic E-state index is 0.187. The van der Waals surface area contributed by atoms with Gasteiger partial charge in [-0.05, 0) is 47.7 Å². The molecule has 0 bridgehead atoms. The molecule has 2 aliphatic rings. The Bertz CT molecular complexity index is 1100. The molecule has 1 heterocycles. The third kappa shape index (κ3) is 3.35. The van der Waals surface area contributed by atoms with Gasteiger partial charge in [0.25, 0.3) is 0 Å².